The Bertz CT molecular complexity index is 1030. The van der Waals surface area contributed by atoms with Gasteiger partial charge in [-0.25, -0.2) is 9.37 Å². The molecule has 0 saturated carbocycles. The summed E-state index contributed by atoms with van der Waals surface area (Å²) in [5.41, 5.74) is 0.0843. The summed E-state index contributed by atoms with van der Waals surface area (Å²) in [6.07, 6.45) is 6.98. The third-order valence-electron chi connectivity index (χ3n) is 6.43. The normalized spacial score (nSPS) is 29.0. The Morgan fingerprint density at radius 2 is 2.13 bits per heavy atom. The van der Waals surface area contributed by atoms with Gasteiger partial charge in [0.1, 0.15) is 17.2 Å². The number of carbonyl (C=O) groups excluding carboxylic acids is 2. The lowest BCUT2D eigenvalue weighted by atomic mass is 9.76. The first kappa shape index (κ1) is 19.0. The quantitative estimate of drug-likeness (QED) is 0.701. The van der Waals surface area contributed by atoms with Crippen molar-refractivity contribution in [3.8, 4) is 0 Å². The highest BCUT2D eigenvalue weighted by Crippen LogP contribution is 2.52. The van der Waals surface area contributed by atoms with Crippen LogP contribution in [0.1, 0.15) is 11.4 Å². The largest absolute Gasteiger partial charge is 0.360 e. The second-order valence-corrected chi connectivity index (χ2v) is 8.37. The number of ether oxygens (including phenoxy) is 1. The maximum Gasteiger partial charge on any atom is 0.230 e. The number of halogens is 1. The summed E-state index contributed by atoms with van der Waals surface area (Å²) in [6, 6.07) is 6.11. The summed E-state index contributed by atoms with van der Waals surface area (Å²) in [5.74, 6) is -0.828. The molecule has 2 fully saturated rings. The van der Waals surface area contributed by atoms with Crippen LogP contribution in [0.5, 0.6) is 0 Å². The van der Waals surface area contributed by atoms with Gasteiger partial charge in [0.15, 0.2) is 0 Å². The van der Waals surface area contributed by atoms with Gasteiger partial charge in [-0.3, -0.25) is 9.59 Å². The summed E-state index contributed by atoms with van der Waals surface area (Å²) < 4.78 is 21.3. The number of amides is 2. The smallest absolute Gasteiger partial charge is 0.230 e. The van der Waals surface area contributed by atoms with Crippen molar-refractivity contribution in [2.45, 2.75) is 24.8 Å². The van der Waals surface area contributed by atoms with E-state index >= 15 is 0 Å². The van der Waals surface area contributed by atoms with E-state index in [-0.39, 0.29) is 23.7 Å². The predicted molar refractivity (Wildman–Crippen MR) is 105 cm³/mol. The van der Waals surface area contributed by atoms with Crippen molar-refractivity contribution in [1.29, 1.82) is 0 Å². The van der Waals surface area contributed by atoms with Crippen LogP contribution in [0.4, 0.5) is 4.39 Å². The number of carbonyl (C=O) groups is 2. The van der Waals surface area contributed by atoms with Crippen molar-refractivity contribution in [3.05, 3.63) is 66.0 Å². The van der Waals surface area contributed by atoms with Gasteiger partial charge < -0.3 is 19.1 Å². The Morgan fingerprint density at radius 3 is 2.83 bits per heavy atom. The van der Waals surface area contributed by atoms with Gasteiger partial charge >= 0.3 is 0 Å². The monoisotopic (exact) mass is 410 g/mol. The van der Waals surface area contributed by atoms with E-state index in [9.17, 15) is 14.0 Å². The van der Waals surface area contributed by atoms with Crippen molar-refractivity contribution in [1.82, 2.24) is 19.4 Å². The molecule has 7 nitrogen and oxygen atoms in total. The standard InChI is InChI=1S/C22H23FN4O3/c1-25-10-9-24-17(25)12-26(2)20(28)18-16-7-8-22(30-16)13-27(21(29)19(18)22)11-14-3-5-15(23)6-4-14/h3-10,16,18-19H,11-13H2,1-2H3/t16-,18?,19?,22-/m0/s1. The molecule has 2 aromatic rings. The topological polar surface area (TPSA) is 67.7 Å². The first-order valence-electron chi connectivity index (χ1n) is 9.99. The predicted octanol–water partition coefficient (Wildman–Crippen LogP) is 1.50. The zero-order valence-corrected chi connectivity index (χ0v) is 16.9. The molecule has 0 radical (unpaired) electrons. The molecular formula is C22H23FN4O3. The molecule has 1 aromatic heterocycles. The van der Waals surface area contributed by atoms with Crippen LogP contribution in [0.2, 0.25) is 0 Å². The van der Waals surface area contributed by atoms with Gasteiger partial charge in [-0.2, -0.15) is 0 Å². The molecule has 0 aliphatic carbocycles. The zero-order chi connectivity index (χ0) is 21.0. The lowest BCUT2D eigenvalue weighted by molar-refractivity contribution is -0.143. The first-order chi connectivity index (χ1) is 14.4. The summed E-state index contributed by atoms with van der Waals surface area (Å²) in [5, 5.41) is 0. The number of fused-ring (bicyclic) bond motifs is 1. The molecule has 2 saturated heterocycles. The fourth-order valence-corrected chi connectivity index (χ4v) is 4.90. The highest BCUT2D eigenvalue weighted by atomic mass is 19.1. The molecule has 5 rings (SSSR count). The highest BCUT2D eigenvalue weighted by molar-refractivity contribution is 5.93. The third kappa shape index (κ3) is 2.86. The maximum atomic E-state index is 13.3. The maximum absolute atomic E-state index is 13.3. The average Bonchev–Trinajstić information content (AvgIpc) is 3.46. The van der Waals surface area contributed by atoms with Crippen LogP contribution < -0.4 is 0 Å². The number of aromatic nitrogens is 2. The van der Waals surface area contributed by atoms with Crippen molar-refractivity contribution in [3.63, 3.8) is 0 Å². The molecule has 3 aliphatic rings. The zero-order valence-electron chi connectivity index (χ0n) is 16.9. The molecule has 4 atom stereocenters. The van der Waals surface area contributed by atoms with Crippen molar-refractivity contribution >= 4 is 11.8 Å². The van der Waals surface area contributed by atoms with Gasteiger partial charge in [0.2, 0.25) is 11.8 Å². The Labute approximate surface area is 173 Å². The lowest BCUT2D eigenvalue weighted by Crippen LogP contribution is -2.44. The number of rotatable bonds is 5. The number of nitrogens with zero attached hydrogens (tertiary/aromatic N) is 4. The van der Waals surface area contributed by atoms with E-state index in [1.54, 1.807) is 35.2 Å². The fourth-order valence-electron chi connectivity index (χ4n) is 4.90. The van der Waals surface area contributed by atoms with Crippen LogP contribution in [0.15, 0.2) is 48.8 Å². The van der Waals surface area contributed by atoms with Crippen molar-refractivity contribution < 1.29 is 18.7 Å². The summed E-state index contributed by atoms with van der Waals surface area (Å²) >= 11 is 0. The van der Waals surface area contributed by atoms with E-state index in [0.717, 1.165) is 11.4 Å². The Kier molecular flexibility index (Phi) is 4.28. The minimum atomic E-state index is -0.758. The van der Waals surface area contributed by atoms with E-state index in [1.807, 2.05) is 30.0 Å². The fraction of sp³-hybridized carbons (Fsp3) is 0.409. The molecule has 3 aliphatic heterocycles. The van der Waals surface area contributed by atoms with Crippen LogP contribution in [-0.2, 0) is 34.5 Å². The van der Waals surface area contributed by atoms with Crippen LogP contribution in [0.25, 0.3) is 0 Å². The van der Waals surface area contributed by atoms with Gasteiger partial charge in [-0.15, -0.1) is 0 Å². The number of hydrogen-bond donors (Lipinski definition) is 0. The van der Waals surface area contributed by atoms with Crippen LogP contribution in [0.3, 0.4) is 0 Å². The van der Waals surface area contributed by atoms with Gasteiger partial charge in [-0.1, -0.05) is 24.3 Å². The van der Waals surface area contributed by atoms with Crippen molar-refractivity contribution in [2.75, 3.05) is 13.6 Å². The van der Waals surface area contributed by atoms with Crippen LogP contribution in [-0.4, -0.2) is 56.5 Å². The SMILES string of the molecule is CN(Cc1nccn1C)C(=O)C1C2C(=O)N(Cc3ccc(F)cc3)C[C@@]23C=C[C@@H]1O3. The molecule has 2 bridgehead atoms. The van der Waals surface area contributed by atoms with Crippen LogP contribution in [0, 0.1) is 17.7 Å². The Hall–Kier alpha value is -3.00. The number of likely N-dealkylation sites (tertiary alicyclic amines) is 1. The average molecular weight is 410 g/mol. The first-order valence-corrected chi connectivity index (χ1v) is 9.99. The summed E-state index contributed by atoms with van der Waals surface area (Å²) in [4.78, 5) is 34.2. The summed E-state index contributed by atoms with van der Waals surface area (Å²) in [7, 11) is 3.61. The van der Waals surface area contributed by atoms with Gasteiger partial charge in [0.05, 0.1) is 31.0 Å². The van der Waals surface area contributed by atoms with Gasteiger partial charge in [0.25, 0.3) is 0 Å². The molecule has 8 heteroatoms. The number of hydrogen-bond acceptors (Lipinski definition) is 4. The van der Waals surface area contributed by atoms with Crippen molar-refractivity contribution in [2.24, 2.45) is 18.9 Å². The highest BCUT2D eigenvalue weighted by Gasteiger charge is 2.67. The molecule has 0 N–H and O–H groups in total. The molecule has 2 unspecified atom stereocenters. The molecule has 30 heavy (non-hydrogen) atoms. The molecular weight excluding hydrogens is 387 g/mol. The van der Waals surface area contributed by atoms with Crippen LogP contribution >= 0.6 is 0 Å². The van der Waals surface area contributed by atoms with E-state index < -0.39 is 17.4 Å². The van der Waals surface area contributed by atoms with E-state index in [1.165, 1.54) is 12.1 Å². The Balaban J connectivity index is 1.36. The van der Waals surface area contributed by atoms with E-state index in [4.69, 9.17) is 4.74 Å². The molecule has 4 heterocycles. The lowest BCUT2D eigenvalue weighted by Gasteiger charge is -2.27. The Morgan fingerprint density at radius 1 is 1.37 bits per heavy atom. The molecule has 2 amide bonds. The molecule has 1 aromatic carbocycles. The van der Waals surface area contributed by atoms with Gasteiger partial charge in [0, 0.05) is 33.0 Å². The van der Waals surface area contributed by atoms with E-state index in [2.05, 4.69) is 4.98 Å². The number of imidazole rings is 1. The molecule has 1 spiro atoms. The minimum absolute atomic E-state index is 0.0880. The van der Waals surface area contributed by atoms with E-state index in [0.29, 0.717) is 19.6 Å². The molecule has 156 valence electrons. The minimum Gasteiger partial charge on any atom is -0.360 e. The second kappa shape index (κ2) is 6.77. The number of aryl methyl sites for hydroxylation is 1. The summed E-state index contributed by atoms with van der Waals surface area (Å²) in [6.45, 7) is 1.12. The van der Waals surface area contributed by atoms with Gasteiger partial charge in [-0.05, 0) is 17.7 Å². The number of benzene rings is 1. The third-order valence-corrected chi connectivity index (χ3v) is 6.43. The second-order valence-electron chi connectivity index (χ2n) is 8.37.